The summed E-state index contributed by atoms with van der Waals surface area (Å²) in [5.74, 6) is 1.29. The van der Waals surface area contributed by atoms with E-state index >= 15 is 0 Å². The Kier molecular flexibility index (Phi) is 11.3. The van der Waals surface area contributed by atoms with Crippen molar-refractivity contribution in [2.75, 3.05) is 88.3 Å². The van der Waals surface area contributed by atoms with Gasteiger partial charge in [0.15, 0.2) is 0 Å². The minimum atomic E-state index is -0.794. The minimum Gasteiger partial charge on any atom is -0.491 e. The number of fused-ring (bicyclic) bond motifs is 2. The number of ether oxygens (including phenoxy) is 1. The largest absolute Gasteiger partial charge is 0.491 e. The molecule has 4 fully saturated rings. The number of aromatic amines is 1. The lowest BCUT2D eigenvalue weighted by molar-refractivity contribution is -0.125. The van der Waals surface area contributed by atoms with E-state index in [4.69, 9.17) is 4.74 Å². The Hall–Kier alpha value is -5.38. The zero-order valence-electron chi connectivity index (χ0n) is 35.1. The molecular formula is C45H57N11O4. The third kappa shape index (κ3) is 8.22. The molecule has 2 aromatic heterocycles. The third-order valence-corrected chi connectivity index (χ3v) is 13.1. The molecule has 7 heterocycles. The summed E-state index contributed by atoms with van der Waals surface area (Å²) in [6, 6.07) is 13.2. The normalized spacial score (nSPS) is 22.6. The number of allylic oxidation sites excluding steroid dienone is 1. The van der Waals surface area contributed by atoms with Crippen LogP contribution in [0.4, 0.5) is 11.5 Å². The smallest absolute Gasteiger partial charge is 0.262 e. The number of hydrogen-bond donors (Lipinski definition) is 2. The summed E-state index contributed by atoms with van der Waals surface area (Å²) in [7, 11) is 0. The Morgan fingerprint density at radius 3 is 2.38 bits per heavy atom. The van der Waals surface area contributed by atoms with Crippen molar-refractivity contribution in [1.29, 1.82) is 0 Å². The first-order valence-electron chi connectivity index (χ1n) is 21.7. The van der Waals surface area contributed by atoms with Gasteiger partial charge in [0.25, 0.3) is 11.8 Å². The summed E-state index contributed by atoms with van der Waals surface area (Å²) in [4.78, 5) is 62.3. The van der Waals surface area contributed by atoms with Crippen LogP contribution in [0.5, 0.6) is 5.75 Å². The lowest BCUT2D eigenvalue weighted by atomic mass is 9.95. The van der Waals surface area contributed by atoms with E-state index < -0.39 is 6.04 Å². The molecule has 0 radical (unpaired) electrons. The molecule has 4 aromatic rings. The fourth-order valence-electron chi connectivity index (χ4n) is 9.66. The number of carbonyl (C=O) groups excluding carboxylic acids is 3. The lowest BCUT2D eigenvalue weighted by Crippen LogP contribution is -2.55. The predicted octanol–water partition coefficient (Wildman–Crippen LogP) is 4.24. The van der Waals surface area contributed by atoms with E-state index in [9.17, 15) is 14.4 Å². The second kappa shape index (κ2) is 16.9. The van der Waals surface area contributed by atoms with E-state index in [0.29, 0.717) is 41.6 Å². The van der Waals surface area contributed by atoms with Crippen LogP contribution in [0, 0.1) is 5.92 Å². The minimum absolute atomic E-state index is 0.0917. The maximum absolute atomic E-state index is 13.4. The Balaban J connectivity index is 0.707. The Labute approximate surface area is 351 Å². The van der Waals surface area contributed by atoms with Crippen LogP contribution in [-0.2, 0) is 4.79 Å². The molecular weight excluding hydrogens is 759 g/mol. The van der Waals surface area contributed by atoms with Gasteiger partial charge in [-0.2, -0.15) is 5.10 Å². The molecule has 2 atom stereocenters. The molecule has 15 heteroatoms. The maximum atomic E-state index is 13.4. The number of nitrogens with one attached hydrogen (secondary N) is 2. The van der Waals surface area contributed by atoms with Crippen molar-refractivity contribution in [3.8, 4) is 17.1 Å². The van der Waals surface area contributed by atoms with E-state index in [0.717, 1.165) is 136 Å². The van der Waals surface area contributed by atoms with Gasteiger partial charge in [-0.1, -0.05) is 6.58 Å². The number of carbonyl (C=O) groups is 3. The number of piperazine rings is 2. The molecule has 5 aliphatic rings. The molecule has 0 saturated carbocycles. The van der Waals surface area contributed by atoms with Crippen molar-refractivity contribution in [3.63, 3.8) is 0 Å². The van der Waals surface area contributed by atoms with E-state index in [-0.39, 0.29) is 23.8 Å². The molecule has 60 heavy (non-hydrogen) atoms. The average Bonchev–Trinajstić information content (AvgIpc) is 3.78. The van der Waals surface area contributed by atoms with Gasteiger partial charge in [-0.25, -0.2) is 9.97 Å². The number of hydrogen-bond acceptors (Lipinski definition) is 12. The monoisotopic (exact) mass is 815 g/mol. The lowest BCUT2D eigenvalue weighted by Gasteiger charge is -2.42. The van der Waals surface area contributed by atoms with Crippen molar-refractivity contribution >= 4 is 40.1 Å². The van der Waals surface area contributed by atoms with Gasteiger partial charge >= 0.3 is 0 Å². The average molecular weight is 816 g/mol. The summed E-state index contributed by atoms with van der Waals surface area (Å²) in [6.45, 7) is 22.5. The van der Waals surface area contributed by atoms with Gasteiger partial charge < -0.3 is 24.8 Å². The van der Waals surface area contributed by atoms with Gasteiger partial charge in [0.1, 0.15) is 29.6 Å². The number of H-pyrrole nitrogens is 1. The van der Waals surface area contributed by atoms with E-state index in [1.54, 1.807) is 12.4 Å². The number of anilines is 2. The van der Waals surface area contributed by atoms with Crippen molar-refractivity contribution in [2.24, 2.45) is 5.92 Å². The van der Waals surface area contributed by atoms with Gasteiger partial charge in [-0.05, 0) is 88.8 Å². The fraction of sp³-hybridized carbons (Fsp3) is 0.511. The number of aromatic nitrogens is 4. The molecule has 0 bridgehead atoms. The molecule has 9 rings (SSSR count). The molecule has 1 unspecified atom stereocenters. The van der Waals surface area contributed by atoms with E-state index in [2.05, 4.69) is 69.6 Å². The summed E-state index contributed by atoms with van der Waals surface area (Å²) in [5, 5.41) is 11.4. The van der Waals surface area contributed by atoms with Crippen LogP contribution in [-0.4, -0.2) is 154 Å². The zero-order valence-corrected chi connectivity index (χ0v) is 35.1. The highest BCUT2D eigenvalue weighted by molar-refractivity contribution is 6.23. The van der Waals surface area contributed by atoms with Crippen LogP contribution in [0.3, 0.4) is 0 Å². The molecule has 15 nitrogen and oxygen atoms in total. The third-order valence-electron chi connectivity index (χ3n) is 13.1. The maximum Gasteiger partial charge on any atom is 0.262 e. The molecule has 316 valence electrons. The highest BCUT2D eigenvalue weighted by Gasteiger charge is 2.44. The van der Waals surface area contributed by atoms with Crippen molar-refractivity contribution in [1.82, 2.24) is 45.1 Å². The van der Waals surface area contributed by atoms with Gasteiger partial charge in [-0.15, -0.1) is 0 Å². The second-order valence-corrected chi connectivity index (χ2v) is 17.5. The Morgan fingerprint density at radius 2 is 1.62 bits per heavy atom. The van der Waals surface area contributed by atoms with Crippen molar-refractivity contribution in [2.45, 2.75) is 64.6 Å². The summed E-state index contributed by atoms with van der Waals surface area (Å²) >= 11 is 0. The van der Waals surface area contributed by atoms with E-state index in [1.165, 1.54) is 0 Å². The molecule has 0 spiro atoms. The van der Waals surface area contributed by atoms with Gasteiger partial charge in [-0.3, -0.25) is 34.2 Å². The quantitative estimate of drug-likeness (QED) is 0.209. The molecule has 3 amide bonds. The first-order valence-corrected chi connectivity index (χ1v) is 21.7. The van der Waals surface area contributed by atoms with Gasteiger partial charge in [0.05, 0.1) is 28.4 Å². The van der Waals surface area contributed by atoms with Crippen LogP contribution in [0.1, 0.15) is 67.2 Å². The van der Waals surface area contributed by atoms with Crippen LogP contribution >= 0.6 is 0 Å². The van der Waals surface area contributed by atoms with Crippen LogP contribution < -0.4 is 19.9 Å². The topological polar surface area (TPSA) is 146 Å². The van der Waals surface area contributed by atoms with E-state index in [1.807, 2.05) is 44.2 Å². The summed E-state index contributed by atoms with van der Waals surface area (Å²) in [5.41, 5.74) is 4.93. The van der Waals surface area contributed by atoms with Crippen LogP contribution in [0.15, 0.2) is 61.1 Å². The highest BCUT2D eigenvalue weighted by atomic mass is 16.5. The highest BCUT2D eigenvalue weighted by Crippen LogP contribution is 2.34. The van der Waals surface area contributed by atoms with Crippen LogP contribution in [0.2, 0.25) is 0 Å². The molecule has 2 aromatic carbocycles. The standard InChI is InChI=1S/C45H57N11O4/c1-29(2)60-34-7-9-38-37(24-34)42(50-49-38)39-25-41(47-28-46-39)55-22-21-53(31(4)26-55)20-19-51-15-17-52(18-16-51)27-32-11-13-54(14-12-32)33-6-8-35-36(23-33)45(59)56(44(35)58)40-10-5-30(3)48-43(40)57/h6-9,23-25,28-29,31-32,40H,3,5,10-22,26-27H2,1-2,4H3,(H,48,57)(H,49,50)/t31-,40?/m0/s1. The second-order valence-electron chi connectivity index (χ2n) is 17.5. The fourth-order valence-corrected chi connectivity index (χ4v) is 9.66. The molecule has 0 aliphatic carbocycles. The summed E-state index contributed by atoms with van der Waals surface area (Å²) in [6.07, 6.45) is 4.88. The molecule has 5 aliphatic heterocycles. The number of rotatable bonds is 11. The first-order chi connectivity index (χ1) is 29.1. The summed E-state index contributed by atoms with van der Waals surface area (Å²) < 4.78 is 5.94. The van der Waals surface area contributed by atoms with Gasteiger partial charge in [0.2, 0.25) is 5.91 Å². The number of nitrogens with zero attached hydrogens (tertiary/aromatic N) is 9. The number of amides is 3. The molecule has 2 N–H and O–H groups in total. The number of imide groups is 1. The molecule has 4 saturated heterocycles. The Bertz CT molecular complexity index is 2260. The number of benzene rings is 2. The van der Waals surface area contributed by atoms with Crippen molar-refractivity contribution < 1.29 is 19.1 Å². The zero-order chi connectivity index (χ0) is 41.5. The number of piperidine rings is 2. The Morgan fingerprint density at radius 1 is 0.833 bits per heavy atom. The van der Waals surface area contributed by atoms with Gasteiger partial charge in [0, 0.05) is 107 Å². The van der Waals surface area contributed by atoms with Crippen molar-refractivity contribution in [3.05, 3.63) is 72.2 Å². The first kappa shape index (κ1) is 40.0. The van der Waals surface area contributed by atoms with Crippen LogP contribution in [0.25, 0.3) is 22.3 Å². The predicted molar refractivity (Wildman–Crippen MR) is 231 cm³/mol. The SMILES string of the molecule is C=C1CCC(N2C(=O)c3ccc(N4CCC(CN5CCN(CCN6CCN(c7cc(-c8n[nH]c9ccc(OC(C)C)cc89)ncn7)C[C@@H]6C)CC5)CC4)cc3C2=O)C(=O)N1.